The summed E-state index contributed by atoms with van der Waals surface area (Å²) in [6.45, 7) is 1.75. The Balaban J connectivity index is 1.69. The van der Waals surface area contributed by atoms with Crippen LogP contribution in [0.25, 0.3) is 5.69 Å². The van der Waals surface area contributed by atoms with Gasteiger partial charge in [0.25, 0.3) is 0 Å². The van der Waals surface area contributed by atoms with Crippen molar-refractivity contribution in [1.29, 1.82) is 0 Å². The minimum atomic E-state index is -0.0256. The highest BCUT2D eigenvalue weighted by molar-refractivity contribution is 9.10. The molecule has 3 aromatic rings. The number of aromatic nitrogens is 4. The monoisotopic (exact) mass is 401 g/mol. The zero-order valence-electron chi connectivity index (χ0n) is 13.8. The van der Waals surface area contributed by atoms with Crippen molar-refractivity contribution in [2.24, 2.45) is 0 Å². The quantitative estimate of drug-likeness (QED) is 0.656. The van der Waals surface area contributed by atoms with E-state index < -0.39 is 0 Å². The molecule has 0 spiro atoms. The van der Waals surface area contributed by atoms with Crippen LogP contribution in [0.2, 0.25) is 0 Å². The van der Waals surface area contributed by atoms with E-state index in [4.69, 9.17) is 4.74 Å². The molecule has 128 valence electrons. The summed E-state index contributed by atoms with van der Waals surface area (Å²) in [6.07, 6.45) is 0. The highest BCUT2D eigenvalue weighted by atomic mass is 79.9. The van der Waals surface area contributed by atoms with Crippen LogP contribution >= 0.6 is 15.9 Å². The second-order valence-corrected chi connectivity index (χ2v) is 6.26. The number of hydrogen-bond acceptors (Lipinski definition) is 5. The summed E-state index contributed by atoms with van der Waals surface area (Å²) in [6, 6.07) is 14.9. The molecule has 0 N–H and O–H groups in total. The van der Waals surface area contributed by atoms with Gasteiger partial charge < -0.3 is 9.64 Å². The third kappa shape index (κ3) is 4.03. The van der Waals surface area contributed by atoms with Crippen LogP contribution in [0, 0.1) is 0 Å². The molecule has 0 atom stereocenters. The fraction of sp³-hybridized carbons (Fsp3) is 0.176. The molecule has 25 heavy (non-hydrogen) atoms. The van der Waals surface area contributed by atoms with Crippen LogP contribution in [-0.4, -0.2) is 33.2 Å². The lowest BCUT2D eigenvalue weighted by Crippen LogP contribution is -2.22. The van der Waals surface area contributed by atoms with E-state index in [1.807, 2.05) is 48.5 Å². The number of hydrogen-bond donors (Lipinski definition) is 0. The summed E-state index contributed by atoms with van der Waals surface area (Å²) in [5, 5.41) is 11.7. The van der Waals surface area contributed by atoms with Gasteiger partial charge in [-0.2, -0.15) is 4.68 Å². The van der Waals surface area contributed by atoms with Crippen molar-refractivity contribution < 1.29 is 9.53 Å². The van der Waals surface area contributed by atoms with Gasteiger partial charge in [0.2, 0.25) is 5.91 Å². The molecule has 0 aliphatic rings. The Morgan fingerprint density at radius 1 is 1.16 bits per heavy atom. The van der Waals surface area contributed by atoms with Gasteiger partial charge in [0.15, 0.2) is 5.82 Å². The fourth-order valence-electron chi connectivity index (χ4n) is 2.17. The topological polar surface area (TPSA) is 73.1 Å². The minimum absolute atomic E-state index is 0.0256. The van der Waals surface area contributed by atoms with E-state index in [1.165, 1.54) is 6.92 Å². The van der Waals surface area contributed by atoms with Gasteiger partial charge in [-0.05, 0) is 59.0 Å². The van der Waals surface area contributed by atoms with Crippen molar-refractivity contribution in [2.75, 3.05) is 11.9 Å². The van der Waals surface area contributed by atoms with Crippen molar-refractivity contribution in [1.82, 2.24) is 20.2 Å². The molecule has 0 aliphatic carbocycles. The SMILES string of the molecule is CC(=O)N(C)c1ccc(OCc2nnnn2-c2ccc(Br)cc2)cc1. The van der Waals surface area contributed by atoms with Crippen molar-refractivity contribution in [3.05, 3.63) is 58.8 Å². The van der Waals surface area contributed by atoms with E-state index in [-0.39, 0.29) is 12.5 Å². The molecule has 0 radical (unpaired) electrons. The highest BCUT2D eigenvalue weighted by Crippen LogP contribution is 2.20. The Bertz CT molecular complexity index is 862. The maximum absolute atomic E-state index is 11.4. The number of carbonyl (C=O) groups excluding carboxylic acids is 1. The second kappa shape index (κ2) is 7.43. The van der Waals surface area contributed by atoms with Crippen LogP contribution in [0.1, 0.15) is 12.7 Å². The number of rotatable bonds is 5. The molecule has 0 fully saturated rings. The molecule has 0 unspecified atom stereocenters. The molecule has 1 heterocycles. The fourth-order valence-corrected chi connectivity index (χ4v) is 2.44. The number of halogens is 1. The second-order valence-electron chi connectivity index (χ2n) is 5.34. The third-order valence-corrected chi connectivity index (χ3v) is 4.20. The molecule has 8 heteroatoms. The molecule has 0 bridgehead atoms. The van der Waals surface area contributed by atoms with Gasteiger partial charge in [-0.1, -0.05) is 15.9 Å². The lowest BCUT2D eigenvalue weighted by Gasteiger charge is -2.15. The van der Waals surface area contributed by atoms with Gasteiger partial charge >= 0.3 is 0 Å². The first-order chi connectivity index (χ1) is 12.0. The standard InChI is InChI=1S/C17H16BrN5O2/c1-12(24)22(2)14-7-9-16(10-8-14)25-11-17-19-20-21-23(17)15-5-3-13(18)4-6-15/h3-10H,11H2,1-2H3. The lowest BCUT2D eigenvalue weighted by molar-refractivity contribution is -0.116. The lowest BCUT2D eigenvalue weighted by atomic mass is 10.3. The van der Waals surface area contributed by atoms with Crippen LogP contribution in [0.15, 0.2) is 53.0 Å². The Labute approximate surface area is 153 Å². The van der Waals surface area contributed by atoms with Crippen molar-refractivity contribution in [3.8, 4) is 11.4 Å². The van der Waals surface area contributed by atoms with E-state index in [2.05, 4.69) is 31.5 Å². The molecular weight excluding hydrogens is 386 g/mol. The van der Waals surface area contributed by atoms with Gasteiger partial charge in [0.05, 0.1) is 5.69 Å². The largest absolute Gasteiger partial charge is 0.486 e. The maximum Gasteiger partial charge on any atom is 0.223 e. The van der Waals surface area contributed by atoms with Crippen molar-refractivity contribution >= 4 is 27.5 Å². The summed E-state index contributed by atoms with van der Waals surface area (Å²) in [4.78, 5) is 12.9. The zero-order valence-corrected chi connectivity index (χ0v) is 15.3. The Morgan fingerprint density at radius 3 is 2.48 bits per heavy atom. The summed E-state index contributed by atoms with van der Waals surface area (Å²) in [5.41, 5.74) is 1.66. The zero-order chi connectivity index (χ0) is 17.8. The maximum atomic E-state index is 11.4. The Hall–Kier alpha value is -2.74. The highest BCUT2D eigenvalue weighted by Gasteiger charge is 2.10. The molecule has 0 saturated heterocycles. The molecule has 0 aliphatic heterocycles. The first-order valence-electron chi connectivity index (χ1n) is 7.55. The Kier molecular flexibility index (Phi) is 5.08. The van der Waals surface area contributed by atoms with Crippen LogP contribution in [0.4, 0.5) is 5.69 Å². The number of ether oxygens (including phenoxy) is 1. The predicted octanol–water partition coefficient (Wildman–Crippen LogP) is 2.99. The molecule has 2 aromatic carbocycles. The van der Waals surface area contributed by atoms with E-state index >= 15 is 0 Å². The van der Waals surface area contributed by atoms with Gasteiger partial charge in [-0.25, -0.2) is 0 Å². The van der Waals surface area contributed by atoms with Gasteiger partial charge in [0, 0.05) is 24.1 Å². The number of anilines is 1. The van der Waals surface area contributed by atoms with E-state index in [0.717, 1.165) is 15.8 Å². The first kappa shape index (κ1) is 17.1. The number of nitrogens with zero attached hydrogens (tertiary/aromatic N) is 5. The van der Waals surface area contributed by atoms with Crippen LogP contribution in [-0.2, 0) is 11.4 Å². The van der Waals surface area contributed by atoms with E-state index in [9.17, 15) is 4.79 Å². The number of tetrazole rings is 1. The van der Waals surface area contributed by atoms with E-state index in [1.54, 1.807) is 16.6 Å². The minimum Gasteiger partial charge on any atom is -0.486 e. The predicted molar refractivity (Wildman–Crippen MR) is 96.7 cm³/mol. The summed E-state index contributed by atoms with van der Waals surface area (Å²) < 4.78 is 8.37. The van der Waals surface area contributed by atoms with E-state index in [0.29, 0.717) is 11.6 Å². The van der Waals surface area contributed by atoms with Crippen LogP contribution in [0.5, 0.6) is 5.75 Å². The van der Waals surface area contributed by atoms with Crippen molar-refractivity contribution in [3.63, 3.8) is 0 Å². The summed E-state index contributed by atoms with van der Waals surface area (Å²) >= 11 is 3.40. The molecule has 1 amide bonds. The number of benzene rings is 2. The van der Waals surface area contributed by atoms with Gasteiger partial charge in [-0.3, -0.25) is 4.79 Å². The Morgan fingerprint density at radius 2 is 1.84 bits per heavy atom. The molecule has 7 nitrogen and oxygen atoms in total. The number of carbonyl (C=O) groups is 1. The normalized spacial score (nSPS) is 10.5. The summed E-state index contributed by atoms with van der Waals surface area (Å²) in [7, 11) is 1.73. The average molecular weight is 402 g/mol. The van der Waals surface area contributed by atoms with Crippen molar-refractivity contribution in [2.45, 2.75) is 13.5 Å². The molecule has 3 rings (SSSR count). The first-order valence-corrected chi connectivity index (χ1v) is 8.34. The number of amides is 1. The van der Waals surface area contributed by atoms with Gasteiger partial charge in [-0.15, -0.1) is 5.10 Å². The smallest absolute Gasteiger partial charge is 0.223 e. The molecular formula is C17H16BrN5O2. The van der Waals surface area contributed by atoms with Crippen LogP contribution in [0.3, 0.4) is 0 Å². The van der Waals surface area contributed by atoms with Crippen LogP contribution < -0.4 is 9.64 Å². The average Bonchev–Trinajstić information content (AvgIpc) is 3.09. The van der Waals surface area contributed by atoms with Gasteiger partial charge in [0.1, 0.15) is 12.4 Å². The molecule has 0 saturated carbocycles. The molecule has 1 aromatic heterocycles. The third-order valence-electron chi connectivity index (χ3n) is 3.67. The summed E-state index contributed by atoms with van der Waals surface area (Å²) in [5.74, 6) is 1.24.